The molecule has 0 aliphatic rings. The first-order chi connectivity index (χ1) is 7.58. The normalized spacial score (nSPS) is 11.2. The second-order valence-corrected chi connectivity index (χ2v) is 4.67. The van der Waals surface area contributed by atoms with Gasteiger partial charge in [-0.15, -0.1) is 0 Å². The van der Waals surface area contributed by atoms with Crippen LogP contribution in [0.2, 0.25) is 0 Å². The zero-order valence-electron chi connectivity index (χ0n) is 9.66. The van der Waals surface area contributed by atoms with E-state index in [2.05, 4.69) is 18.2 Å². The van der Waals surface area contributed by atoms with Crippen molar-refractivity contribution in [3.05, 3.63) is 47.4 Å². The molecule has 0 spiro atoms. The van der Waals surface area contributed by atoms with E-state index in [0.29, 0.717) is 0 Å². The molecule has 0 fully saturated rings. The number of rotatable bonds is 3. The summed E-state index contributed by atoms with van der Waals surface area (Å²) >= 11 is 1.56. The highest BCUT2D eigenvalue weighted by Gasteiger charge is 2.05. The lowest BCUT2D eigenvalue weighted by atomic mass is 10.1. The number of nitrogens with two attached hydrogens (primary N) is 1. The topological polar surface area (TPSA) is 38.4 Å². The second-order valence-electron chi connectivity index (χ2n) is 3.38. The van der Waals surface area contributed by atoms with Gasteiger partial charge in [0, 0.05) is 18.3 Å². The zero-order valence-corrected chi connectivity index (χ0v) is 10.5. The molecule has 1 aromatic carbocycles. The van der Waals surface area contributed by atoms with E-state index in [-0.39, 0.29) is 0 Å². The van der Waals surface area contributed by atoms with Gasteiger partial charge in [0.2, 0.25) is 0 Å². The minimum Gasteiger partial charge on any atom is -0.398 e. The number of allylic oxidation sites excluding steroid dienone is 1. The summed E-state index contributed by atoms with van der Waals surface area (Å²) in [7, 11) is 1.77. The second kappa shape index (κ2) is 5.56. The van der Waals surface area contributed by atoms with Crippen LogP contribution >= 0.6 is 11.8 Å². The fraction of sp³-hybridized carbons (Fsp3) is 0.154. The first-order valence-electron chi connectivity index (χ1n) is 4.91. The number of anilines is 1. The lowest BCUT2D eigenvalue weighted by Crippen LogP contribution is -1.98. The van der Waals surface area contributed by atoms with Gasteiger partial charge in [0.05, 0.1) is 0 Å². The van der Waals surface area contributed by atoms with Crippen molar-refractivity contribution in [2.75, 3.05) is 12.8 Å². The van der Waals surface area contributed by atoms with Gasteiger partial charge in [0.1, 0.15) is 5.04 Å². The molecule has 0 saturated carbocycles. The molecule has 2 N–H and O–H groups in total. The fourth-order valence-corrected chi connectivity index (χ4v) is 1.95. The molecule has 2 nitrogen and oxygen atoms in total. The third-order valence-corrected chi connectivity index (χ3v) is 2.99. The molecule has 0 aromatic heterocycles. The van der Waals surface area contributed by atoms with Gasteiger partial charge in [-0.25, -0.2) is 0 Å². The molecule has 0 saturated heterocycles. The Hall–Kier alpha value is -1.48. The number of benzene rings is 1. The van der Waals surface area contributed by atoms with E-state index in [9.17, 15) is 0 Å². The Kier molecular flexibility index (Phi) is 4.38. The third kappa shape index (κ3) is 3.00. The van der Waals surface area contributed by atoms with E-state index < -0.39 is 0 Å². The van der Waals surface area contributed by atoms with E-state index in [1.807, 2.05) is 25.1 Å². The van der Waals surface area contributed by atoms with Gasteiger partial charge in [0.25, 0.3) is 0 Å². The van der Waals surface area contributed by atoms with Crippen LogP contribution in [0.4, 0.5) is 5.69 Å². The Morgan fingerprint density at radius 2 is 2.19 bits per heavy atom. The Morgan fingerprint density at radius 3 is 2.69 bits per heavy atom. The van der Waals surface area contributed by atoms with E-state index in [0.717, 1.165) is 26.8 Å². The van der Waals surface area contributed by atoms with Crippen LogP contribution in [-0.4, -0.2) is 12.1 Å². The highest BCUT2D eigenvalue weighted by molar-refractivity contribution is 8.17. The molecule has 0 amide bonds. The van der Waals surface area contributed by atoms with Gasteiger partial charge in [-0.05, 0) is 29.5 Å². The van der Waals surface area contributed by atoms with Gasteiger partial charge in [-0.3, -0.25) is 4.99 Å². The molecule has 16 heavy (non-hydrogen) atoms. The van der Waals surface area contributed by atoms with Crippen LogP contribution < -0.4 is 5.73 Å². The Bertz CT molecular complexity index is 447. The number of nitrogens with zero attached hydrogens (tertiary/aromatic N) is 1. The van der Waals surface area contributed by atoms with Crippen LogP contribution in [0.25, 0.3) is 6.08 Å². The minimum atomic E-state index is 0.731. The van der Waals surface area contributed by atoms with E-state index in [1.165, 1.54) is 0 Å². The van der Waals surface area contributed by atoms with Crippen LogP contribution in [0.15, 0.2) is 41.3 Å². The van der Waals surface area contributed by atoms with Crippen LogP contribution in [0.1, 0.15) is 18.1 Å². The van der Waals surface area contributed by atoms with Crippen molar-refractivity contribution in [2.45, 2.75) is 6.92 Å². The molecular weight excluding hydrogens is 216 g/mol. The maximum Gasteiger partial charge on any atom is 0.102 e. The van der Waals surface area contributed by atoms with Gasteiger partial charge in [-0.1, -0.05) is 37.1 Å². The van der Waals surface area contributed by atoms with E-state index >= 15 is 0 Å². The maximum atomic E-state index is 5.81. The largest absolute Gasteiger partial charge is 0.398 e. The first-order valence-corrected chi connectivity index (χ1v) is 5.72. The predicted octanol–water partition coefficient (Wildman–Crippen LogP) is 3.56. The van der Waals surface area contributed by atoms with Crippen molar-refractivity contribution in [1.29, 1.82) is 0 Å². The highest BCUT2D eigenvalue weighted by atomic mass is 32.2. The van der Waals surface area contributed by atoms with Crippen molar-refractivity contribution in [3.8, 4) is 0 Å². The van der Waals surface area contributed by atoms with Crippen molar-refractivity contribution in [2.24, 2.45) is 4.99 Å². The summed E-state index contributed by atoms with van der Waals surface area (Å²) in [5, 5.41) is 0.940. The predicted molar refractivity (Wildman–Crippen MR) is 75.8 cm³/mol. The monoisotopic (exact) mass is 232 g/mol. The Morgan fingerprint density at radius 1 is 1.50 bits per heavy atom. The van der Waals surface area contributed by atoms with Crippen LogP contribution in [0.3, 0.4) is 0 Å². The van der Waals surface area contributed by atoms with Gasteiger partial charge in [0.15, 0.2) is 0 Å². The molecule has 0 atom stereocenters. The number of hydrogen-bond acceptors (Lipinski definition) is 3. The summed E-state index contributed by atoms with van der Waals surface area (Å²) in [4.78, 5) is 5.26. The average Bonchev–Trinajstić information content (AvgIpc) is 2.26. The summed E-state index contributed by atoms with van der Waals surface area (Å²) in [6.45, 7) is 9.56. The molecule has 0 aliphatic carbocycles. The maximum absolute atomic E-state index is 5.81. The van der Waals surface area contributed by atoms with E-state index in [4.69, 9.17) is 5.73 Å². The number of thioether (sulfide) groups is 1. The first kappa shape index (κ1) is 12.6. The zero-order chi connectivity index (χ0) is 12.1. The van der Waals surface area contributed by atoms with Crippen LogP contribution in [0.5, 0.6) is 0 Å². The van der Waals surface area contributed by atoms with Gasteiger partial charge in [-0.2, -0.15) is 0 Å². The van der Waals surface area contributed by atoms with Crippen molar-refractivity contribution in [3.63, 3.8) is 0 Å². The highest BCUT2D eigenvalue weighted by Crippen LogP contribution is 2.23. The lowest BCUT2D eigenvalue weighted by molar-refractivity contribution is 1.45. The van der Waals surface area contributed by atoms with Gasteiger partial charge < -0.3 is 5.73 Å². The minimum absolute atomic E-state index is 0.731. The molecule has 1 aromatic rings. The Labute approximate surface area is 101 Å². The molecule has 0 aliphatic heterocycles. The van der Waals surface area contributed by atoms with Crippen LogP contribution in [0, 0.1) is 0 Å². The summed E-state index contributed by atoms with van der Waals surface area (Å²) < 4.78 is 0. The lowest BCUT2D eigenvalue weighted by Gasteiger charge is -2.07. The Balaban J connectivity index is 3.12. The molecule has 0 radical (unpaired) electrons. The van der Waals surface area contributed by atoms with Crippen LogP contribution in [-0.2, 0) is 0 Å². The summed E-state index contributed by atoms with van der Waals surface area (Å²) in [5.41, 5.74) is 8.51. The summed E-state index contributed by atoms with van der Waals surface area (Å²) in [6.07, 6.45) is 1.75. The molecular formula is C13H16N2S. The number of nitrogen functional groups attached to an aromatic ring is 1. The SMILES string of the molecule is C=Cc1cc(/C(=N/C)SC(=C)C)ccc1N. The fourth-order valence-electron chi connectivity index (χ4n) is 1.28. The van der Waals surface area contributed by atoms with Crippen molar-refractivity contribution in [1.82, 2.24) is 0 Å². The average molecular weight is 232 g/mol. The van der Waals surface area contributed by atoms with Crippen molar-refractivity contribution >= 4 is 28.6 Å². The molecule has 0 heterocycles. The van der Waals surface area contributed by atoms with Gasteiger partial charge >= 0.3 is 0 Å². The van der Waals surface area contributed by atoms with E-state index in [1.54, 1.807) is 24.9 Å². The number of hydrogen-bond donors (Lipinski definition) is 1. The molecule has 0 unspecified atom stereocenters. The molecule has 0 bridgehead atoms. The number of aliphatic imine (C=N–C) groups is 1. The standard InChI is InChI=1S/C13H16N2S/c1-5-10-8-11(6-7-12(10)14)13(15-4)16-9(2)3/h5-8H,1-2,14H2,3-4H3/b15-13-. The quantitative estimate of drug-likeness (QED) is 0.491. The smallest absolute Gasteiger partial charge is 0.102 e. The molecule has 84 valence electrons. The summed E-state index contributed by atoms with van der Waals surface area (Å²) in [6, 6.07) is 5.82. The molecule has 1 rings (SSSR count). The molecule has 3 heteroatoms. The summed E-state index contributed by atoms with van der Waals surface area (Å²) in [5.74, 6) is 0. The van der Waals surface area contributed by atoms with Crippen molar-refractivity contribution < 1.29 is 0 Å². The third-order valence-electron chi connectivity index (χ3n) is 2.03.